The van der Waals surface area contributed by atoms with Crippen LogP contribution < -0.4 is 0 Å². The van der Waals surface area contributed by atoms with Gasteiger partial charge < -0.3 is 0 Å². The minimum Gasteiger partial charge on any atom is -0.297 e. The molecular weight excluding hydrogens is 268 g/mol. The molecule has 1 spiro atoms. The predicted molar refractivity (Wildman–Crippen MR) is 91.7 cm³/mol. The van der Waals surface area contributed by atoms with E-state index in [9.17, 15) is 0 Å². The monoisotopic (exact) mass is 288 g/mol. The highest BCUT2D eigenvalue weighted by molar-refractivity contribution is 5.86. The number of aliphatic imine (C=N–C) groups is 1. The summed E-state index contributed by atoms with van der Waals surface area (Å²) in [7, 11) is 0. The maximum atomic E-state index is 4.67. The summed E-state index contributed by atoms with van der Waals surface area (Å²) in [6.07, 6.45) is 4.27. The third-order valence-corrected chi connectivity index (χ3v) is 4.97. The van der Waals surface area contributed by atoms with Crippen LogP contribution in [0.25, 0.3) is 0 Å². The summed E-state index contributed by atoms with van der Waals surface area (Å²) in [6, 6.07) is 19.2. The van der Waals surface area contributed by atoms with Crippen LogP contribution in [0, 0.1) is 5.92 Å². The molecule has 110 valence electrons. The maximum absolute atomic E-state index is 4.67. The Kier molecular flexibility index (Phi) is 3.20. The molecule has 1 fully saturated rings. The third-order valence-electron chi connectivity index (χ3n) is 4.97. The van der Waals surface area contributed by atoms with E-state index in [1.807, 2.05) is 0 Å². The molecule has 2 nitrogen and oxygen atoms in total. The van der Waals surface area contributed by atoms with E-state index in [1.54, 1.807) is 0 Å². The number of rotatable bonds is 3. The molecule has 2 aromatic carbocycles. The molecule has 0 unspecified atom stereocenters. The van der Waals surface area contributed by atoms with Crippen molar-refractivity contribution >= 4 is 11.9 Å². The van der Waals surface area contributed by atoms with Gasteiger partial charge in [0.25, 0.3) is 0 Å². The first-order valence-corrected chi connectivity index (χ1v) is 7.85. The van der Waals surface area contributed by atoms with Crippen molar-refractivity contribution in [1.82, 2.24) is 4.90 Å². The van der Waals surface area contributed by atoms with E-state index < -0.39 is 0 Å². The number of hydrogen-bond donors (Lipinski definition) is 0. The fraction of sp³-hybridized carbons (Fsp3) is 0.250. The summed E-state index contributed by atoms with van der Waals surface area (Å²) in [5, 5.41) is 0. The van der Waals surface area contributed by atoms with Gasteiger partial charge >= 0.3 is 0 Å². The molecule has 4 rings (SSSR count). The van der Waals surface area contributed by atoms with Crippen molar-refractivity contribution in [3.8, 4) is 0 Å². The summed E-state index contributed by atoms with van der Waals surface area (Å²) in [5.74, 6) is 0.420. The van der Waals surface area contributed by atoms with Crippen LogP contribution >= 0.6 is 0 Å². The lowest BCUT2D eigenvalue weighted by Crippen LogP contribution is -2.34. The first-order valence-electron chi connectivity index (χ1n) is 7.85. The Bertz CT molecular complexity index is 719. The van der Waals surface area contributed by atoms with Gasteiger partial charge in [0.05, 0.1) is 11.1 Å². The van der Waals surface area contributed by atoms with Crippen LogP contribution in [0.1, 0.15) is 11.1 Å². The highest BCUT2D eigenvalue weighted by Crippen LogP contribution is 2.46. The predicted octanol–water partition coefficient (Wildman–Crippen LogP) is 3.96. The zero-order chi connectivity index (χ0) is 15.0. The minimum atomic E-state index is 0.00707. The molecule has 0 N–H and O–H groups in total. The third kappa shape index (κ3) is 2.03. The molecule has 2 atom stereocenters. The number of likely N-dealkylation sites (tertiary alicyclic amines) is 1. The maximum Gasteiger partial charge on any atom is 0.0668 e. The van der Waals surface area contributed by atoms with Crippen LogP contribution in [0.2, 0.25) is 0 Å². The Morgan fingerprint density at radius 2 is 1.91 bits per heavy atom. The molecule has 2 heteroatoms. The Morgan fingerprint density at radius 3 is 2.73 bits per heavy atom. The van der Waals surface area contributed by atoms with Gasteiger partial charge in [-0.05, 0) is 17.2 Å². The fourth-order valence-corrected chi connectivity index (χ4v) is 3.90. The molecule has 1 saturated heterocycles. The zero-order valence-corrected chi connectivity index (χ0v) is 12.7. The quantitative estimate of drug-likeness (QED) is 0.781. The molecule has 0 aliphatic carbocycles. The average molecular weight is 288 g/mol. The van der Waals surface area contributed by atoms with Crippen LogP contribution in [-0.2, 0) is 12.0 Å². The molecule has 0 bridgehead atoms. The van der Waals surface area contributed by atoms with Crippen LogP contribution in [-0.4, -0.2) is 24.2 Å². The first-order chi connectivity index (χ1) is 10.8. The lowest BCUT2D eigenvalue weighted by atomic mass is 9.74. The fourth-order valence-electron chi connectivity index (χ4n) is 3.90. The average Bonchev–Trinajstić information content (AvgIpc) is 3.11. The number of para-hydroxylation sites is 1. The number of fused-ring (bicyclic) bond motifs is 2. The van der Waals surface area contributed by atoms with Crippen molar-refractivity contribution in [1.29, 1.82) is 0 Å². The number of nitrogens with zero attached hydrogens (tertiary/aromatic N) is 2. The highest BCUT2D eigenvalue weighted by Gasteiger charge is 2.48. The van der Waals surface area contributed by atoms with E-state index in [-0.39, 0.29) is 5.41 Å². The zero-order valence-electron chi connectivity index (χ0n) is 12.7. The van der Waals surface area contributed by atoms with Crippen molar-refractivity contribution in [2.75, 3.05) is 13.1 Å². The van der Waals surface area contributed by atoms with Gasteiger partial charge in [-0.2, -0.15) is 0 Å². The largest absolute Gasteiger partial charge is 0.297 e. The topological polar surface area (TPSA) is 15.6 Å². The van der Waals surface area contributed by atoms with Crippen molar-refractivity contribution in [3.63, 3.8) is 0 Å². The van der Waals surface area contributed by atoms with E-state index in [4.69, 9.17) is 0 Å². The SMILES string of the molecule is C=C[C@H]1CN(Cc2ccccc2)C[C@@]12C=Nc1ccccc12. The molecule has 22 heavy (non-hydrogen) atoms. The molecule has 0 radical (unpaired) electrons. The van der Waals surface area contributed by atoms with E-state index in [1.165, 1.54) is 11.1 Å². The van der Waals surface area contributed by atoms with Crippen LogP contribution in [0.5, 0.6) is 0 Å². The van der Waals surface area contributed by atoms with Gasteiger partial charge in [0.15, 0.2) is 0 Å². The molecule has 2 aliphatic heterocycles. The second-order valence-electron chi connectivity index (χ2n) is 6.31. The molecule has 0 aromatic heterocycles. The molecule has 2 aliphatic rings. The Morgan fingerprint density at radius 1 is 1.14 bits per heavy atom. The number of benzene rings is 2. The van der Waals surface area contributed by atoms with Gasteiger partial charge in [-0.1, -0.05) is 54.6 Å². The van der Waals surface area contributed by atoms with Crippen molar-refractivity contribution < 1.29 is 0 Å². The van der Waals surface area contributed by atoms with Crippen molar-refractivity contribution in [2.24, 2.45) is 10.9 Å². The standard InChI is InChI=1S/C20H20N2/c1-2-17-13-22(12-16-8-4-3-5-9-16)15-20(17)14-21-19-11-7-6-10-18(19)20/h2-11,14,17H,1,12-13,15H2/t17-,20-/m0/s1. The molecule has 0 saturated carbocycles. The van der Waals surface area contributed by atoms with Crippen LogP contribution in [0.3, 0.4) is 0 Å². The lowest BCUT2D eigenvalue weighted by Gasteiger charge is -2.26. The molecule has 2 heterocycles. The lowest BCUT2D eigenvalue weighted by molar-refractivity contribution is 0.318. The van der Waals surface area contributed by atoms with Crippen molar-refractivity contribution in [3.05, 3.63) is 78.4 Å². The highest BCUT2D eigenvalue weighted by atomic mass is 15.2. The molecule has 2 aromatic rings. The Hall–Kier alpha value is -2.19. The summed E-state index contributed by atoms with van der Waals surface area (Å²) in [4.78, 5) is 7.20. The smallest absolute Gasteiger partial charge is 0.0668 e. The Labute approximate surface area is 131 Å². The van der Waals surface area contributed by atoms with Gasteiger partial charge in [-0.25, -0.2) is 0 Å². The van der Waals surface area contributed by atoms with E-state index >= 15 is 0 Å². The van der Waals surface area contributed by atoms with E-state index in [0.29, 0.717) is 5.92 Å². The van der Waals surface area contributed by atoms with E-state index in [2.05, 4.69) is 83.4 Å². The summed E-state index contributed by atoms with van der Waals surface area (Å²) in [6.45, 7) is 7.13. The second-order valence-corrected chi connectivity index (χ2v) is 6.31. The summed E-state index contributed by atoms with van der Waals surface area (Å²) < 4.78 is 0. The van der Waals surface area contributed by atoms with Gasteiger partial charge in [0, 0.05) is 31.8 Å². The minimum absolute atomic E-state index is 0.00707. The first kappa shape index (κ1) is 13.5. The van der Waals surface area contributed by atoms with Gasteiger partial charge in [-0.3, -0.25) is 9.89 Å². The second kappa shape index (κ2) is 5.22. The van der Waals surface area contributed by atoms with E-state index in [0.717, 1.165) is 25.3 Å². The normalized spacial score (nSPS) is 26.5. The number of hydrogen-bond acceptors (Lipinski definition) is 2. The van der Waals surface area contributed by atoms with Crippen LogP contribution in [0.4, 0.5) is 5.69 Å². The summed E-state index contributed by atoms with van der Waals surface area (Å²) >= 11 is 0. The van der Waals surface area contributed by atoms with Crippen molar-refractivity contribution in [2.45, 2.75) is 12.0 Å². The Balaban J connectivity index is 1.65. The van der Waals surface area contributed by atoms with Gasteiger partial charge in [0.2, 0.25) is 0 Å². The van der Waals surface area contributed by atoms with Gasteiger partial charge in [-0.15, -0.1) is 6.58 Å². The van der Waals surface area contributed by atoms with Gasteiger partial charge in [0.1, 0.15) is 0 Å². The summed E-state index contributed by atoms with van der Waals surface area (Å²) in [5.41, 5.74) is 3.85. The molecular formula is C20H20N2. The molecule has 0 amide bonds. The van der Waals surface area contributed by atoms with Crippen LogP contribution in [0.15, 0.2) is 72.2 Å².